The quantitative estimate of drug-likeness (QED) is 0.889. The van der Waals surface area contributed by atoms with Gasteiger partial charge in [0.1, 0.15) is 13.2 Å². The number of aliphatic carboxylic acids is 1. The molecule has 0 aliphatic rings. The molecule has 0 bridgehead atoms. The molecule has 1 aromatic heterocycles. The van der Waals surface area contributed by atoms with Crippen LogP contribution in [0.15, 0.2) is 41.3 Å². The molecule has 5 nitrogen and oxygen atoms in total. The molecule has 0 unspecified atom stereocenters. The highest BCUT2D eigenvalue weighted by Gasteiger charge is 2.08. The van der Waals surface area contributed by atoms with Gasteiger partial charge in [-0.15, -0.1) is 0 Å². The van der Waals surface area contributed by atoms with Gasteiger partial charge in [0.2, 0.25) is 5.43 Å². The molecule has 2 rings (SSSR count). The highest BCUT2D eigenvalue weighted by molar-refractivity contribution is 5.66. The average Bonchev–Trinajstić information content (AvgIpc) is 2.48. The lowest BCUT2D eigenvalue weighted by Crippen LogP contribution is -2.17. The van der Waals surface area contributed by atoms with Crippen LogP contribution in [0.1, 0.15) is 23.7 Å². The molecular formula is C17H19NO4. The fourth-order valence-electron chi connectivity index (χ4n) is 2.18. The lowest BCUT2D eigenvalue weighted by Gasteiger charge is -2.12. The first-order valence-electron chi connectivity index (χ1n) is 7.13. The minimum atomic E-state index is -0.964. The van der Waals surface area contributed by atoms with Crippen molar-refractivity contribution in [1.82, 2.24) is 4.57 Å². The van der Waals surface area contributed by atoms with Crippen molar-refractivity contribution in [3.8, 4) is 5.75 Å². The third-order valence-corrected chi connectivity index (χ3v) is 3.41. The van der Waals surface area contributed by atoms with Crippen molar-refractivity contribution in [1.29, 1.82) is 0 Å². The van der Waals surface area contributed by atoms with Gasteiger partial charge in [-0.3, -0.25) is 9.59 Å². The zero-order valence-corrected chi connectivity index (χ0v) is 12.7. The topological polar surface area (TPSA) is 68.5 Å². The summed E-state index contributed by atoms with van der Waals surface area (Å²) >= 11 is 0. The van der Waals surface area contributed by atoms with Crippen molar-refractivity contribution in [2.45, 2.75) is 33.4 Å². The molecule has 0 aliphatic carbocycles. The van der Waals surface area contributed by atoms with Gasteiger partial charge in [-0.25, -0.2) is 0 Å². The number of aryl methyl sites for hydroxylation is 2. The minimum absolute atomic E-state index is 0.161. The predicted octanol–water partition coefficient (Wildman–Crippen LogP) is 2.38. The Kier molecular flexibility index (Phi) is 4.99. The maximum Gasteiger partial charge on any atom is 0.323 e. The van der Waals surface area contributed by atoms with Crippen molar-refractivity contribution in [3.05, 3.63) is 63.6 Å². The molecule has 2 aromatic rings. The molecule has 0 fully saturated rings. The molecule has 0 amide bonds. The van der Waals surface area contributed by atoms with Crippen LogP contribution in [0.25, 0.3) is 0 Å². The molecule has 1 heterocycles. The monoisotopic (exact) mass is 301 g/mol. The third-order valence-electron chi connectivity index (χ3n) is 3.41. The summed E-state index contributed by atoms with van der Waals surface area (Å²) in [6, 6.07) is 9.35. The molecule has 0 spiro atoms. The summed E-state index contributed by atoms with van der Waals surface area (Å²) in [7, 11) is 0. The van der Waals surface area contributed by atoms with E-state index < -0.39 is 5.97 Å². The van der Waals surface area contributed by atoms with Crippen molar-refractivity contribution in [2.75, 3.05) is 0 Å². The number of pyridine rings is 1. The van der Waals surface area contributed by atoms with E-state index in [0.29, 0.717) is 5.69 Å². The average molecular weight is 301 g/mol. The number of hydrogen-bond acceptors (Lipinski definition) is 3. The van der Waals surface area contributed by atoms with Gasteiger partial charge in [0, 0.05) is 11.8 Å². The summed E-state index contributed by atoms with van der Waals surface area (Å²) in [6.45, 7) is 3.84. The maximum atomic E-state index is 11.9. The van der Waals surface area contributed by atoms with Gasteiger partial charge in [0.25, 0.3) is 0 Å². The SMILES string of the molecule is CCc1cccc(COc2cn(CC(=O)O)c(C)cc2=O)c1. The van der Waals surface area contributed by atoms with Crippen molar-refractivity contribution in [2.24, 2.45) is 0 Å². The Morgan fingerprint density at radius 3 is 2.68 bits per heavy atom. The highest BCUT2D eigenvalue weighted by Crippen LogP contribution is 2.11. The number of nitrogens with zero attached hydrogens (tertiary/aromatic N) is 1. The molecule has 0 radical (unpaired) electrons. The Labute approximate surface area is 128 Å². The first-order valence-corrected chi connectivity index (χ1v) is 7.13. The molecule has 5 heteroatoms. The van der Waals surface area contributed by atoms with Crippen LogP contribution in [0.3, 0.4) is 0 Å². The molecule has 22 heavy (non-hydrogen) atoms. The van der Waals surface area contributed by atoms with Crippen molar-refractivity contribution >= 4 is 5.97 Å². The van der Waals surface area contributed by atoms with E-state index in [9.17, 15) is 9.59 Å². The van der Waals surface area contributed by atoms with Crippen LogP contribution >= 0.6 is 0 Å². The largest absolute Gasteiger partial charge is 0.483 e. The van der Waals surface area contributed by atoms with Crippen molar-refractivity contribution < 1.29 is 14.6 Å². The van der Waals surface area contributed by atoms with Gasteiger partial charge in [-0.05, 0) is 24.5 Å². The fraction of sp³-hybridized carbons (Fsp3) is 0.294. The van der Waals surface area contributed by atoms with Gasteiger partial charge in [0.15, 0.2) is 5.75 Å². The molecule has 0 saturated heterocycles. The van der Waals surface area contributed by atoms with Crippen LogP contribution < -0.4 is 10.2 Å². The minimum Gasteiger partial charge on any atom is -0.483 e. The summed E-state index contributed by atoms with van der Waals surface area (Å²) in [5.74, 6) is -0.804. The van der Waals surface area contributed by atoms with Gasteiger partial charge < -0.3 is 14.4 Å². The Bertz CT molecular complexity index is 734. The molecule has 0 aliphatic heterocycles. The third kappa shape index (κ3) is 3.97. The Balaban J connectivity index is 2.18. The van der Waals surface area contributed by atoms with Gasteiger partial charge in [-0.2, -0.15) is 0 Å². The molecular weight excluding hydrogens is 282 g/mol. The standard InChI is InChI=1S/C17H19NO4/c1-3-13-5-4-6-14(8-13)11-22-16-9-18(10-17(20)21)12(2)7-15(16)19/h4-9H,3,10-11H2,1-2H3,(H,20,21). The van der Waals surface area contributed by atoms with Crippen LogP contribution in [-0.4, -0.2) is 15.6 Å². The second-order valence-corrected chi connectivity index (χ2v) is 5.13. The number of carbonyl (C=O) groups is 1. The Morgan fingerprint density at radius 2 is 2.00 bits per heavy atom. The van der Waals surface area contributed by atoms with E-state index in [1.54, 1.807) is 6.92 Å². The first kappa shape index (κ1) is 15.8. The number of carboxylic acid groups (broad SMARTS) is 1. The summed E-state index contributed by atoms with van der Waals surface area (Å²) in [5, 5.41) is 8.88. The molecule has 0 atom stereocenters. The lowest BCUT2D eigenvalue weighted by atomic mass is 10.1. The predicted molar refractivity (Wildman–Crippen MR) is 83.2 cm³/mol. The van der Waals surface area contributed by atoms with Crippen LogP contribution in [0.5, 0.6) is 5.75 Å². The van der Waals surface area contributed by atoms with E-state index in [-0.39, 0.29) is 24.3 Å². The normalized spacial score (nSPS) is 10.5. The van der Waals surface area contributed by atoms with Crippen molar-refractivity contribution in [3.63, 3.8) is 0 Å². The van der Waals surface area contributed by atoms with Gasteiger partial charge in [-0.1, -0.05) is 31.2 Å². The van der Waals surface area contributed by atoms with Crippen LogP contribution in [0.2, 0.25) is 0 Å². The summed E-state index contributed by atoms with van der Waals surface area (Å²) in [4.78, 5) is 22.8. The van der Waals surface area contributed by atoms with E-state index in [2.05, 4.69) is 6.92 Å². The Hall–Kier alpha value is -2.56. The van der Waals surface area contributed by atoms with Gasteiger partial charge >= 0.3 is 5.97 Å². The molecule has 1 N–H and O–H groups in total. The second-order valence-electron chi connectivity index (χ2n) is 5.13. The Morgan fingerprint density at radius 1 is 1.27 bits per heavy atom. The summed E-state index contributed by atoms with van der Waals surface area (Å²) in [6.07, 6.45) is 2.39. The van der Waals surface area contributed by atoms with Crippen LogP contribution in [-0.2, 0) is 24.4 Å². The molecule has 1 aromatic carbocycles. The second kappa shape index (κ2) is 6.93. The number of ether oxygens (including phenoxy) is 1. The van der Waals surface area contributed by atoms with Crippen LogP contribution in [0, 0.1) is 6.92 Å². The van der Waals surface area contributed by atoms with Crippen LogP contribution in [0.4, 0.5) is 0 Å². The number of benzene rings is 1. The number of hydrogen-bond donors (Lipinski definition) is 1. The van der Waals surface area contributed by atoms with E-state index in [1.807, 2.05) is 24.3 Å². The zero-order chi connectivity index (χ0) is 16.1. The van der Waals surface area contributed by atoms with E-state index in [0.717, 1.165) is 12.0 Å². The summed E-state index contributed by atoms with van der Waals surface area (Å²) in [5.41, 5.74) is 2.52. The smallest absolute Gasteiger partial charge is 0.323 e. The number of rotatable bonds is 6. The van der Waals surface area contributed by atoms with E-state index in [1.165, 1.54) is 22.4 Å². The first-order chi connectivity index (χ1) is 10.5. The molecule has 0 saturated carbocycles. The number of aromatic nitrogens is 1. The van der Waals surface area contributed by atoms with E-state index in [4.69, 9.17) is 9.84 Å². The summed E-state index contributed by atoms with van der Waals surface area (Å²) < 4.78 is 7.06. The van der Waals surface area contributed by atoms with E-state index >= 15 is 0 Å². The number of carboxylic acids is 1. The maximum absolute atomic E-state index is 11.9. The van der Waals surface area contributed by atoms with Gasteiger partial charge in [0.05, 0.1) is 6.20 Å². The fourth-order valence-corrected chi connectivity index (χ4v) is 2.18. The highest BCUT2D eigenvalue weighted by atomic mass is 16.5. The zero-order valence-electron chi connectivity index (χ0n) is 12.7. The molecule has 116 valence electrons. The lowest BCUT2D eigenvalue weighted by molar-refractivity contribution is -0.137.